The highest BCUT2D eigenvalue weighted by atomic mass is 79.9. The topological polar surface area (TPSA) is 9.23 Å². The van der Waals surface area contributed by atoms with Crippen LogP contribution in [0.25, 0.3) is 0 Å². The minimum absolute atomic E-state index is 0.590. The summed E-state index contributed by atoms with van der Waals surface area (Å²) in [5, 5.41) is 0. The van der Waals surface area contributed by atoms with E-state index < -0.39 is 0 Å². The lowest BCUT2D eigenvalue weighted by atomic mass is 9.95. The van der Waals surface area contributed by atoms with Gasteiger partial charge in [0.05, 0.1) is 6.61 Å². The van der Waals surface area contributed by atoms with Crippen molar-refractivity contribution < 1.29 is 4.74 Å². The Morgan fingerprint density at radius 1 is 1.36 bits per heavy atom. The van der Waals surface area contributed by atoms with Crippen molar-refractivity contribution in [3.8, 4) is 0 Å². The zero-order chi connectivity index (χ0) is 8.85. The molecule has 68 valence electrons. The Bertz CT molecular complexity index is 93.6. The molecule has 0 heterocycles. The molecule has 11 heavy (non-hydrogen) atoms. The Morgan fingerprint density at radius 3 is 2.18 bits per heavy atom. The van der Waals surface area contributed by atoms with Gasteiger partial charge in [0.15, 0.2) is 0 Å². The maximum absolute atomic E-state index is 5.14. The Morgan fingerprint density at radius 2 is 1.91 bits per heavy atom. The lowest BCUT2D eigenvalue weighted by Crippen LogP contribution is -2.23. The maximum atomic E-state index is 5.14. The molecule has 1 nitrogen and oxygen atoms in total. The monoisotopic (exact) mass is 222 g/mol. The van der Waals surface area contributed by atoms with Gasteiger partial charge in [0.25, 0.3) is 0 Å². The third-order valence-electron chi connectivity index (χ3n) is 1.99. The largest absolute Gasteiger partial charge is 0.384 e. The Labute approximate surface area is 78.6 Å². The predicted octanol–water partition coefficient (Wildman–Crippen LogP) is 3.08. The fourth-order valence-corrected chi connectivity index (χ4v) is 1.72. The number of hydrogen-bond donors (Lipinski definition) is 0. The van der Waals surface area contributed by atoms with Crippen LogP contribution in [0.4, 0.5) is 0 Å². The van der Waals surface area contributed by atoms with Gasteiger partial charge in [-0.15, -0.1) is 0 Å². The number of halogens is 1. The summed E-state index contributed by atoms with van der Waals surface area (Å²) in [5.74, 6) is 1.34. The average molecular weight is 223 g/mol. The van der Waals surface area contributed by atoms with E-state index in [4.69, 9.17) is 4.74 Å². The van der Waals surface area contributed by atoms with E-state index in [1.54, 1.807) is 7.11 Å². The van der Waals surface area contributed by atoms with Crippen LogP contribution in [0.15, 0.2) is 0 Å². The van der Waals surface area contributed by atoms with Crippen LogP contribution in [0.3, 0.4) is 0 Å². The Hall–Kier alpha value is 0.440. The highest BCUT2D eigenvalue weighted by Crippen LogP contribution is 2.24. The van der Waals surface area contributed by atoms with Crippen LogP contribution in [0, 0.1) is 11.8 Å². The molecule has 0 aliphatic heterocycles. The summed E-state index contributed by atoms with van der Waals surface area (Å²) in [4.78, 5) is 0.590. The van der Waals surface area contributed by atoms with Crippen molar-refractivity contribution in [2.45, 2.75) is 32.0 Å². The van der Waals surface area contributed by atoms with Crippen molar-refractivity contribution in [2.75, 3.05) is 13.7 Å². The fourth-order valence-electron chi connectivity index (χ4n) is 1.19. The van der Waals surface area contributed by atoms with Gasteiger partial charge in [0.1, 0.15) is 0 Å². The molecule has 0 aromatic heterocycles. The highest BCUT2D eigenvalue weighted by Gasteiger charge is 2.19. The van der Waals surface area contributed by atoms with Crippen LogP contribution < -0.4 is 0 Å². The van der Waals surface area contributed by atoms with Crippen molar-refractivity contribution in [3.05, 3.63) is 0 Å². The molecule has 0 bridgehead atoms. The van der Waals surface area contributed by atoms with E-state index in [1.807, 2.05) is 0 Å². The molecule has 0 N–H and O–H groups in total. The Kier molecular flexibility index (Phi) is 6.25. The maximum Gasteiger partial charge on any atom is 0.0501 e. The normalized spacial score (nSPS) is 16.9. The van der Waals surface area contributed by atoms with Crippen molar-refractivity contribution in [1.29, 1.82) is 0 Å². The molecule has 0 saturated carbocycles. The molecule has 0 aliphatic carbocycles. The number of methoxy groups -OCH3 is 1. The van der Waals surface area contributed by atoms with Gasteiger partial charge in [-0.2, -0.15) is 0 Å². The summed E-state index contributed by atoms with van der Waals surface area (Å²) in [6.45, 7) is 7.54. The van der Waals surface area contributed by atoms with Crippen molar-refractivity contribution in [3.63, 3.8) is 0 Å². The molecule has 0 saturated heterocycles. The molecule has 0 aromatic rings. The molecule has 0 aliphatic rings. The average Bonchev–Trinajstić information content (AvgIpc) is 1.98. The number of rotatable bonds is 5. The SMILES string of the molecule is CCC(COC)C(Br)C(C)C. The second kappa shape index (κ2) is 6.01. The first kappa shape index (κ1) is 11.4. The van der Waals surface area contributed by atoms with Crippen LogP contribution in [-0.2, 0) is 4.74 Å². The van der Waals surface area contributed by atoms with Crippen LogP contribution in [-0.4, -0.2) is 18.5 Å². The minimum Gasteiger partial charge on any atom is -0.384 e. The zero-order valence-corrected chi connectivity index (χ0v) is 9.52. The Balaban J connectivity index is 3.81. The summed E-state index contributed by atoms with van der Waals surface area (Å²) in [6, 6.07) is 0. The van der Waals surface area contributed by atoms with Gasteiger partial charge in [-0.3, -0.25) is 0 Å². The summed E-state index contributed by atoms with van der Waals surface area (Å²) >= 11 is 3.69. The van der Waals surface area contributed by atoms with Gasteiger partial charge >= 0.3 is 0 Å². The van der Waals surface area contributed by atoms with Crippen LogP contribution >= 0.6 is 15.9 Å². The summed E-state index contributed by atoms with van der Waals surface area (Å²) in [5.41, 5.74) is 0. The third kappa shape index (κ3) is 4.12. The number of ether oxygens (including phenoxy) is 1. The van der Waals surface area contributed by atoms with E-state index in [0.717, 1.165) is 6.61 Å². The van der Waals surface area contributed by atoms with E-state index in [0.29, 0.717) is 16.7 Å². The first-order valence-electron chi connectivity index (χ1n) is 4.26. The van der Waals surface area contributed by atoms with Crippen LogP contribution in [0.5, 0.6) is 0 Å². The second-order valence-electron chi connectivity index (χ2n) is 3.31. The molecular formula is C9H19BrO. The van der Waals surface area contributed by atoms with Gasteiger partial charge < -0.3 is 4.74 Å². The van der Waals surface area contributed by atoms with Crippen molar-refractivity contribution in [2.24, 2.45) is 11.8 Å². The zero-order valence-electron chi connectivity index (χ0n) is 7.93. The summed E-state index contributed by atoms with van der Waals surface area (Å²) in [7, 11) is 1.77. The lowest BCUT2D eigenvalue weighted by Gasteiger charge is -2.23. The smallest absolute Gasteiger partial charge is 0.0501 e. The summed E-state index contributed by atoms with van der Waals surface area (Å²) < 4.78 is 5.14. The molecule has 2 heteroatoms. The summed E-state index contributed by atoms with van der Waals surface area (Å²) in [6.07, 6.45) is 1.18. The second-order valence-corrected chi connectivity index (χ2v) is 4.37. The van der Waals surface area contributed by atoms with E-state index >= 15 is 0 Å². The quantitative estimate of drug-likeness (QED) is 0.651. The molecule has 2 atom stereocenters. The van der Waals surface area contributed by atoms with Crippen molar-refractivity contribution >= 4 is 15.9 Å². The predicted molar refractivity (Wildman–Crippen MR) is 53.2 cm³/mol. The van der Waals surface area contributed by atoms with E-state index in [9.17, 15) is 0 Å². The molecular weight excluding hydrogens is 204 g/mol. The van der Waals surface area contributed by atoms with Crippen LogP contribution in [0.1, 0.15) is 27.2 Å². The van der Waals surface area contributed by atoms with Gasteiger partial charge in [-0.1, -0.05) is 43.1 Å². The molecule has 0 rings (SSSR count). The molecule has 2 unspecified atom stereocenters. The third-order valence-corrected chi connectivity index (χ3v) is 3.80. The lowest BCUT2D eigenvalue weighted by molar-refractivity contribution is 0.143. The van der Waals surface area contributed by atoms with Gasteiger partial charge in [0, 0.05) is 11.9 Å². The van der Waals surface area contributed by atoms with Crippen molar-refractivity contribution in [1.82, 2.24) is 0 Å². The molecule has 0 aromatic carbocycles. The highest BCUT2D eigenvalue weighted by molar-refractivity contribution is 9.09. The van der Waals surface area contributed by atoms with E-state index in [1.165, 1.54) is 6.42 Å². The molecule has 0 amide bonds. The van der Waals surface area contributed by atoms with Crippen LogP contribution in [0.2, 0.25) is 0 Å². The van der Waals surface area contributed by atoms with Gasteiger partial charge in [-0.25, -0.2) is 0 Å². The molecule has 0 spiro atoms. The van der Waals surface area contributed by atoms with E-state index in [-0.39, 0.29) is 0 Å². The molecule has 0 fully saturated rings. The van der Waals surface area contributed by atoms with Gasteiger partial charge in [0.2, 0.25) is 0 Å². The fraction of sp³-hybridized carbons (Fsp3) is 1.00. The standard InChI is InChI=1S/C9H19BrO/c1-5-8(6-11-4)9(10)7(2)3/h7-9H,5-6H2,1-4H3. The number of hydrogen-bond acceptors (Lipinski definition) is 1. The first-order chi connectivity index (χ1) is 5.13. The number of alkyl halides is 1. The molecule has 0 radical (unpaired) electrons. The first-order valence-corrected chi connectivity index (χ1v) is 5.18. The minimum atomic E-state index is 0.590. The van der Waals surface area contributed by atoms with E-state index in [2.05, 4.69) is 36.7 Å². The van der Waals surface area contributed by atoms with Gasteiger partial charge in [-0.05, 0) is 11.8 Å².